The SMILES string of the molecule is CC.N=Cc1cc(OCc2cccc(N)c2)ccc1N. The van der Waals surface area contributed by atoms with Gasteiger partial charge < -0.3 is 21.6 Å². The van der Waals surface area contributed by atoms with E-state index in [0.29, 0.717) is 29.3 Å². The number of hydrogen-bond donors (Lipinski definition) is 3. The molecule has 0 saturated carbocycles. The molecule has 2 rings (SSSR count). The van der Waals surface area contributed by atoms with Gasteiger partial charge in [-0.25, -0.2) is 0 Å². The Bertz CT molecular complexity index is 567. The molecule has 0 aliphatic heterocycles. The number of nitrogen functional groups attached to an aromatic ring is 2. The van der Waals surface area contributed by atoms with Crippen LogP contribution in [0.5, 0.6) is 5.75 Å². The largest absolute Gasteiger partial charge is 0.489 e. The highest BCUT2D eigenvalue weighted by Crippen LogP contribution is 2.19. The summed E-state index contributed by atoms with van der Waals surface area (Å²) >= 11 is 0. The van der Waals surface area contributed by atoms with Gasteiger partial charge >= 0.3 is 0 Å². The van der Waals surface area contributed by atoms with Gasteiger partial charge in [-0.05, 0) is 35.9 Å². The number of nitrogens with one attached hydrogen (secondary N) is 1. The predicted octanol–water partition coefficient (Wildman–Crippen LogP) is 3.45. The second-order valence-corrected chi connectivity index (χ2v) is 3.97. The van der Waals surface area contributed by atoms with E-state index in [0.717, 1.165) is 5.56 Å². The zero-order chi connectivity index (χ0) is 15.0. The second kappa shape index (κ2) is 7.84. The summed E-state index contributed by atoms with van der Waals surface area (Å²) in [5, 5.41) is 7.23. The highest BCUT2D eigenvalue weighted by atomic mass is 16.5. The van der Waals surface area contributed by atoms with E-state index in [9.17, 15) is 0 Å². The molecule has 0 amide bonds. The normalized spacial score (nSPS) is 9.30. The van der Waals surface area contributed by atoms with Crippen molar-refractivity contribution < 1.29 is 4.74 Å². The zero-order valence-corrected chi connectivity index (χ0v) is 11.9. The van der Waals surface area contributed by atoms with Crippen LogP contribution in [0.2, 0.25) is 0 Å². The van der Waals surface area contributed by atoms with Crippen molar-refractivity contribution in [2.75, 3.05) is 11.5 Å². The lowest BCUT2D eigenvalue weighted by atomic mass is 10.2. The van der Waals surface area contributed by atoms with Crippen LogP contribution in [-0.2, 0) is 6.61 Å². The maximum atomic E-state index is 7.23. The lowest BCUT2D eigenvalue weighted by Crippen LogP contribution is -1.98. The van der Waals surface area contributed by atoms with Crippen molar-refractivity contribution in [3.63, 3.8) is 0 Å². The second-order valence-electron chi connectivity index (χ2n) is 3.97. The summed E-state index contributed by atoms with van der Waals surface area (Å²) in [4.78, 5) is 0. The van der Waals surface area contributed by atoms with Gasteiger partial charge in [0.1, 0.15) is 12.4 Å². The Kier molecular flexibility index (Phi) is 6.10. The molecule has 0 atom stereocenters. The molecule has 0 bridgehead atoms. The van der Waals surface area contributed by atoms with E-state index >= 15 is 0 Å². The van der Waals surface area contributed by atoms with E-state index in [1.165, 1.54) is 6.21 Å². The van der Waals surface area contributed by atoms with E-state index in [-0.39, 0.29) is 0 Å². The minimum absolute atomic E-state index is 0.437. The number of hydrogen-bond acceptors (Lipinski definition) is 4. The Morgan fingerprint density at radius 3 is 2.50 bits per heavy atom. The van der Waals surface area contributed by atoms with Crippen LogP contribution in [0.1, 0.15) is 25.0 Å². The van der Waals surface area contributed by atoms with E-state index in [4.69, 9.17) is 21.6 Å². The monoisotopic (exact) mass is 271 g/mol. The van der Waals surface area contributed by atoms with Gasteiger partial charge in [-0.1, -0.05) is 26.0 Å². The summed E-state index contributed by atoms with van der Waals surface area (Å²) in [6, 6.07) is 12.8. The molecule has 0 saturated heterocycles. The Morgan fingerprint density at radius 2 is 1.85 bits per heavy atom. The summed E-state index contributed by atoms with van der Waals surface area (Å²) in [6.07, 6.45) is 1.21. The van der Waals surface area contributed by atoms with Crippen molar-refractivity contribution >= 4 is 17.6 Å². The Morgan fingerprint density at radius 1 is 1.10 bits per heavy atom. The molecule has 4 heteroatoms. The number of benzene rings is 2. The Hall–Kier alpha value is -2.49. The van der Waals surface area contributed by atoms with Gasteiger partial charge in [-0.3, -0.25) is 0 Å². The molecular formula is C16H21N3O. The van der Waals surface area contributed by atoms with Gasteiger partial charge in [-0.15, -0.1) is 0 Å². The van der Waals surface area contributed by atoms with Crippen molar-refractivity contribution in [1.29, 1.82) is 5.41 Å². The molecule has 5 N–H and O–H groups in total. The first-order chi connectivity index (χ1) is 9.69. The van der Waals surface area contributed by atoms with Crippen LogP contribution in [-0.4, -0.2) is 6.21 Å². The summed E-state index contributed by atoms with van der Waals surface area (Å²) in [5.74, 6) is 0.685. The highest BCUT2D eigenvalue weighted by Gasteiger charge is 2.00. The standard InChI is InChI=1S/C14H15N3O.C2H6/c15-8-11-7-13(4-5-14(11)17)18-9-10-2-1-3-12(16)6-10;1-2/h1-8,15H,9,16-17H2;1-2H3. The van der Waals surface area contributed by atoms with Crippen LogP contribution >= 0.6 is 0 Å². The summed E-state index contributed by atoms with van der Waals surface area (Å²) < 4.78 is 5.63. The molecule has 2 aromatic rings. The molecule has 4 nitrogen and oxygen atoms in total. The lowest BCUT2D eigenvalue weighted by Gasteiger charge is -2.08. The molecule has 0 aliphatic carbocycles. The number of rotatable bonds is 4. The molecule has 0 heterocycles. The molecule has 0 radical (unpaired) electrons. The van der Waals surface area contributed by atoms with Crippen molar-refractivity contribution in [1.82, 2.24) is 0 Å². The fourth-order valence-corrected chi connectivity index (χ4v) is 1.62. The average Bonchev–Trinajstić information content (AvgIpc) is 2.48. The highest BCUT2D eigenvalue weighted by molar-refractivity contribution is 5.85. The van der Waals surface area contributed by atoms with Crippen molar-refractivity contribution in [2.24, 2.45) is 0 Å². The third kappa shape index (κ3) is 4.31. The van der Waals surface area contributed by atoms with Crippen LogP contribution < -0.4 is 16.2 Å². The number of anilines is 2. The number of ether oxygens (including phenoxy) is 1. The van der Waals surface area contributed by atoms with Crippen molar-refractivity contribution in [2.45, 2.75) is 20.5 Å². The predicted molar refractivity (Wildman–Crippen MR) is 85.3 cm³/mol. The molecular weight excluding hydrogens is 250 g/mol. The van der Waals surface area contributed by atoms with E-state index in [1.54, 1.807) is 18.2 Å². The summed E-state index contributed by atoms with van der Waals surface area (Å²) in [7, 11) is 0. The van der Waals surface area contributed by atoms with Gasteiger partial charge in [-0.2, -0.15) is 0 Å². The fourth-order valence-electron chi connectivity index (χ4n) is 1.62. The Labute approximate surface area is 119 Å². The average molecular weight is 271 g/mol. The first-order valence-electron chi connectivity index (χ1n) is 6.56. The van der Waals surface area contributed by atoms with Crippen LogP contribution in [0, 0.1) is 5.41 Å². The first-order valence-corrected chi connectivity index (χ1v) is 6.56. The molecule has 0 aromatic heterocycles. The third-order valence-electron chi connectivity index (χ3n) is 2.57. The summed E-state index contributed by atoms with van der Waals surface area (Å²) in [6.45, 7) is 4.44. The van der Waals surface area contributed by atoms with Crippen LogP contribution in [0.15, 0.2) is 42.5 Å². The fraction of sp³-hybridized carbons (Fsp3) is 0.188. The van der Waals surface area contributed by atoms with Crippen LogP contribution in [0.3, 0.4) is 0 Å². The maximum Gasteiger partial charge on any atom is 0.120 e. The smallest absolute Gasteiger partial charge is 0.120 e. The molecule has 0 spiro atoms. The number of nitrogens with two attached hydrogens (primary N) is 2. The minimum Gasteiger partial charge on any atom is -0.489 e. The Balaban J connectivity index is 0.000000956. The molecule has 20 heavy (non-hydrogen) atoms. The van der Waals surface area contributed by atoms with Gasteiger partial charge in [0.2, 0.25) is 0 Å². The third-order valence-corrected chi connectivity index (χ3v) is 2.57. The van der Waals surface area contributed by atoms with Crippen LogP contribution in [0.25, 0.3) is 0 Å². The first kappa shape index (κ1) is 15.6. The quantitative estimate of drug-likeness (QED) is 0.588. The summed E-state index contributed by atoms with van der Waals surface area (Å²) in [5.41, 5.74) is 14.3. The van der Waals surface area contributed by atoms with Gasteiger partial charge in [0.05, 0.1) is 0 Å². The molecule has 0 fully saturated rings. The molecule has 0 unspecified atom stereocenters. The molecule has 106 valence electrons. The zero-order valence-electron chi connectivity index (χ0n) is 11.9. The van der Waals surface area contributed by atoms with Gasteiger partial charge in [0.25, 0.3) is 0 Å². The van der Waals surface area contributed by atoms with Gasteiger partial charge in [0.15, 0.2) is 0 Å². The molecule has 2 aromatic carbocycles. The van der Waals surface area contributed by atoms with Crippen molar-refractivity contribution in [3.8, 4) is 5.75 Å². The van der Waals surface area contributed by atoms with E-state index < -0.39 is 0 Å². The van der Waals surface area contributed by atoms with Crippen molar-refractivity contribution in [3.05, 3.63) is 53.6 Å². The minimum atomic E-state index is 0.437. The topological polar surface area (TPSA) is 85.1 Å². The van der Waals surface area contributed by atoms with E-state index in [2.05, 4.69) is 0 Å². The lowest BCUT2D eigenvalue weighted by molar-refractivity contribution is 0.306. The van der Waals surface area contributed by atoms with Gasteiger partial charge in [0, 0.05) is 23.2 Å². The van der Waals surface area contributed by atoms with Crippen LogP contribution in [0.4, 0.5) is 11.4 Å². The van der Waals surface area contributed by atoms with E-state index in [1.807, 2.05) is 38.1 Å². The maximum absolute atomic E-state index is 7.23. The molecule has 0 aliphatic rings.